The average molecular weight is 486 g/mol. The van der Waals surface area contributed by atoms with Gasteiger partial charge < -0.3 is 9.64 Å². The van der Waals surface area contributed by atoms with Gasteiger partial charge in [0.2, 0.25) is 0 Å². The zero-order valence-electron chi connectivity index (χ0n) is 21.4. The molecule has 0 saturated carbocycles. The van der Waals surface area contributed by atoms with E-state index < -0.39 is 0 Å². The number of hydrogen-bond acceptors (Lipinski definition) is 3. The number of rotatable bonds is 11. The zero-order chi connectivity index (χ0) is 24.9. The number of ketones is 1. The molecule has 2 atom stereocenters. The van der Waals surface area contributed by atoms with Gasteiger partial charge in [-0.2, -0.15) is 0 Å². The van der Waals surface area contributed by atoms with Gasteiger partial charge in [0.05, 0.1) is 0 Å². The molecule has 1 amide bonds. The van der Waals surface area contributed by atoms with Crippen molar-refractivity contribution in [1.82, 2.24) is 4.90 Å². The number of carbonyl (C=O) groups is 2. The average Bonchev–Trinajstić information content (AvgIpc) is 3.37. The summed E-state index contributed by atoms with van der Waals surface area (Å²) in [4.78, 5) is 28.1. The van der Waals surface area contributed by atoms with Crippen LogP contribution in [0.25, 0.3) is 11.1 Å². The lowest BCUT2D eigenvalue weighted by Crippen LogP contribution is -2.48. The van der Waals surface area contributed by atoms with E-state index in [0.717, 1.165) is 44.9 Å². The molecule has 0 aromatic heterocycles. The summed E-state index contributed by atoms with van der Waals surface area (Å²) in [6, 6.07) is 17.2. The van der Waals surface area contributed by atoms with Gasteiger partial charge in [0.15, 0.2) is 0 Å². The second-order valence-corrected chi connectivity index (χ2v) is 10.8. The van der Waals surface area contributed by atoms with E-state index in [4.69, 9.17) is 4.74 Å². The number of allylic oxidation sites excluding steroid dienone is 1. The Kier molecular flexibility index (Phi) is 7.89. The molecule has 1 aliphatic carbocycles. The van der Waals surface area contributed by atoms with Crippen LogP contribution in [0.3, 0.4) is 0 Å². The third-order valence-corrected chi connectivity index (χ3v) is 8.57. The van der Waals surface area contributed by atoms with E-state index >= 15 is 0 Å². The molecule has 2 aromatic carbocycles. The molecular weight excluding hydrogens is 446 g/mol. The number of carbonyl (C=O) groups excluding carboxylic acids is 2. The molecule has 36 heavy (non-hydrogen) atoms. The molecule has 2 saturated heterocycles. The highest BCUT2D eigenvalue weighted by atomic mass is 16.6. The number of hydrogen-bond donors (Lipinski definition) is 0. The van der Waals surface area contributed by atoms with E-state index in [0.29, 0.717) is 18.8 Å². The van der Waals surface area contributed by atoms with Crippen LogP contribution in [0.2, 0.25) is 0 Å². The first-order valence-electron chi connectivity index (χ1n) is 13.9. The predicted octanol–water partition coefficient (Wildman–Crippen LogP) is 7.66. The van der Waals surface area contributed by atoms with Gasteiger partial charge in [-0.25, -0.2) is 4.79 Å². The number of piperidine rings is 1. The van der Waals surface area contributed by atoms with E-state index in [9.17, 15) is 9.59 Å². The number of unbranched alkanes of at least 4 members (excludes halogenated alkanes) is 5. The fourth-order valence-electron chi connectivity index (χ4n) is 6.73. The first-order chi connectivity index (χ1) is 17.7. The molecule has 0 radical (unpaired) electrons. The van der Waals surface area contributed by atoms with Crippen LogP contribution in [0.5, 0.6) is 0 Å². The molecule has 2 fully saturated rings. The Labute approximate surface area is 215 Å². The van der Waals surface area contributed by atoms with E-state index in [1.165, 1.54) is 41.5 Å². The highest BCUT2D eigenvalue weighted by molar-refractivity contribution is 5.82. The molecule has 0 N–H and O–H groups in total. The van der Waals surface area contributed by atoms with Crippen molar-refractivity contribution in [3.8, 4) is 11.1 Å². The van der Waals surface area contributed by atoms with Gasteiger partial charge >= 0.3 is 6.09 Å². The van der Waals surface area contributed by atoms with Crippen LogP contribution in [-0.4, -0.2) is 35.5 Å². The fraction of sp³-hybridized carbons (Fsp3) is 0.500. The Bertz CT molecular complexity index is 1030. The van der Waals surface area contributed by atoms with Crippen molar-refractivity contribution >= 4 is 11.9 Å². The summed E-state index contributed by atoms with van der Waals surface area (Å²) in [7, 11) is 0. The van der Waals surface area contributed by atoms with Crippen LogP contribution in [0.15, 0.2) is 61.2 Å². The molecule has 190 valence electrons. The zero-order valence-corrected chi connectivity index (χ0v) is 21.4. The molecule has 2 bridgehead atoms. The smallest absolute Gasteiger partial charge is 0.410 e. The van der Waals surface area contributed by atoms with E-state index in [-0.39, 0.29) is 30.0 Å². The molecule has 2 aliphatic heterocycles. The monoisotopic (exact) mass is 485 g/mol. The Morgan fingerprint density at radius 3 is 2.08 bits per heavy atom. The summed E-state index contributed by atoms with van der Waals surface area (Å²) in [6.45, 7) is 4.13. The summed E-state index contributed by atoms with van der Waals surface area (Å²) >= 11 is 0. The maximum absolute atomic E-state index is 13.2. The van der Waals surface area contributed by atoms with Crippen molar-refractivity contribution in [2.24, 2.45) is 5.92 Å². The minimum absolute atomic E-state index is 0.0786. The molecule has 0 spiro atoms. The minimum Gasteiger partial charge on any atom is -0.448 e. The summed E-state index contributed by atoms with van der Waals surface area (Å²) in [6.07, 6.45) is 12.9. The first kappa shape index (κ1) is 24.8. The van der Waals surface area contributed by atoms with Crippen LogP contribution in [0, 0.1) is 5.92 Å². The molecule has 3 aliphatic rings. The lowest BCUT2D eigenvalue weighted by atomic mass is 9.85. The number of benzene rings is 2. The number of amides is 1. The highest BCUT2D eigenvalue weighted by Crippen LogP contribution is 2.45. The fourth-order valence-corrected chi connectivity index (χ4v) is 6.73. The Hall–Kier alpha value is -2.88. The second kappa shape index (κ2) is 11.5. The quantitative estimate of drug-likeness (QED) is 0.242. The van der Waals surface area contributed by atoms with Crippen molar-refractivity contribution in [3.63, 3.8) is 0 Å². The molecular formula is C32H39NO3. The van der Waals surface area contributed by atoms with Crippen LogP contribution in [0.4, 0.5) is 4.79 Å². The Morgan fingerprint density at radius 1 is 0.861 bits per heavy atom. The molecule has 2 aromatic rings. The molecule has 2 unspecified atom stereocenters. The third-order valence-electron chi connectivity index (χ3n) is 8.57. The van der Waals surface area contributed by atoms with Crippen molar-refractivity contribution in [2.75, 3.05) is 6.61 Å². The topological polar surface area (TPSA) is 46.6 Å². The maximum Gasteiger partial charge on any atom is 0.410 e. The van der Waals surface area contributed by atoms with Crippen LogP contribution in [0.1, 0.15) is 87.7 Å². The first-order valence-corrected chi connectivity index (χ1v) is 13.9. The Morgan fingerprint density at radius 2 is 1.44 bits per heavy atom. The summed E-state index contributed by atoms with van der Waals surface area (Å²) in [5.74, 6) is 0.598. The van der Waals surface area contributed by atoms with Gasteiger partial charge in [0, 0.05) is 30.3 Å². The summed E-state index contributed by atoms with van der Waals surface area (Å²) in [5.41, 5.74) is 4.95. The summed E-state index contributed by atoms with van der Waals surface area (Å²) in [5, 5.41) is 0. The van der Waals surface area contributed by atoms with Gasteiger partial charge in [-0.05, 0) is 67.2 Å². The molecule has 4 heteroatoms. The Balaban J connectivity index is 1.12. The number of ether oxygens (including phenoxy) is 1. The summed E-state index contributed by atoms with van der Waals surface area (Å²) < 4.78 is 5.97. The normalized spacial score (nSPS) is 22.2. The lowest BCUT2D eigenvalue weighted by Gasteiger charge is -2.37. The van der Waals surface area contributed by atoms with Gasteiger partial charge in [0.25, 0.3) is 0 Å². The van der Waals surface area contributed by atoms with Crippen LogP contribution < -0.4 is 0 Å². The highest BCUT2D eigenvalue weighted by Gasteiger charge is 2.45. The van der Waals surface area contributed by atoms with Gasteiger partial charge in [-0.1, -0.05) is 73.9 Å². The number of nitrogens with zero attached hydrogens (tertiary/aromatic N) is 1. The van der Waals surface area contributed by atoms with Crippen LogP contribution >= 0.6 is 0 Å². The van der Waals surface area contributed by atoms with Crippen molar-refractivity contribution in [1.29, 1.82) is 0 Å². The second-order valence-electron chi connectivity index (χ2n) is 10.8. The third kappa shape index (κ3) is 5.14. The lowest BCUT2D eigenvalue weighted by molar-refractivity contribution is -0.125. The van der Waals surface area contributed by atoms with Crippen molar-refractivity contribution < 1.29 is 14.3 Å². The largest absolute Gasteiger partial charge is 0.448 e. The minimum atomic E-state index is -0.199. The SMILES string of the molecule is C=CCCCCCCCC(=O)C1CC2CCC(C1)N2C(=O)OCC1c2ccccc2-c2ccccc21. The molecule has 2 heterocycles. The number of Topliss-reactive ketones (excluding diaryl/α,β-unsaturated/α-hetero) is 1. The standard InChI is InChI=1S/C32H39NO3/c1-2-3-4-5-6-7-8-17-31(34)23-20-24-18-19-25(21-23)33(24)32(35)36-22-30-28-15-11-9-13-26(28)27-14-10-12-16-29(27)30/h2,9-16,23-25,30H,1,3-8,17-22H2. The molecule has 5 rings (SSSR count). The molecule has 4 nitrogen and oxygen atoms in total. The van der Waals surface area contributed by atoms with Crippen molar-refractivity contribution in [2.45, 2.75) is 88.6 Å². The predicted molar refractivity (Wildman–Crippen MR) is 144 cm³/mol. The van der Waals surface area contributed by atoms with Gasteiger partial charge in [0.1, 0.15) is 12.4 Å². The van der Waals surface area contributed by atoms with Gasteiger partial charge in [-0.15, -0.1) is 6.58 Å². The maximum atomic E-state index is 13.2. The van der Waals surface area contributed by atoms with Crippen molar-refractivity contribution in [3.05, 3.63) is 72.3 Å². The van der Waals surface area contributed by atoms with E-state index in [1.807, 2.05) is 11.0 Å². The van der Waals surface area contributed by atoms with E-state index in [2.05, 4.69) is 55.1 Å². The van der Waals surface area contributed by atoms with Gasteiger partial charge in [-0.3, -0.25) is 4.79 Å². The van der Waals surface area contributed by atoms with E-state index in [1.54, 1.807) is 0 Å². The number of fused-ring (bicyclic) bond motifs is 5. The van der Waals surface area contributed by atoms with Crippen LogP contribution in [-0.2, 0) is 9.53 Å².